The van der Waals surface area contributed by atoms with Crippen molar-refractivity contribution in [3.05, 3.63) is 65.5 Å². The molecule has 0 aromatic heterocycles. The van der Waals surface area contributed by atoms with E-state index in [9.17, 15) is 4.39 Å². The zero-order chi connectivity index (χ0) is 12.8. The molecular weight excluding hydrogens is 295 g/mol. The van der Waals surface area contributed by atoms with Gasteiger partial charge in [-0.2, -0.15) is 0 Å². The van der Waals surface area contributed by atoms with Crippen molar-refractivity contribution in [2.24, 2.45) is 0 Å². The van der Waals surface area contributed by atoms with E-state index in [1.807, 2.05) is 36.4 Å². The van der Waals surface area contributed by atoms with Crippen molar-refractivity contribution in [3.63, 3.8) is 0 Å². The first-order valence-electron chi connectivity index (χ1n) is 5.66. The molecule has 2 N–H and O–H groups in total. The molecule has 0 amide bonds. The minimum absolute atomic E-state index is 0.205. The van der Waals surface area contributed by atoms with E-state index in [1.165, 1.54) is 12.1 Å². The molecule has 0 spiro atoms. The summed E-state index contributed by atoms with van der Waals surface area (Å²) < 4.78 is 13.3. The lowest BCUT2D eigenvalue weighted by molar-refractivity contribution is 0.622. The lowest BCUT2D eigenvalue weighted by atomic mass is 10.1. The van der Waals surface area contributed by atoms with Crippen LogP contribution in [-0.2, 0) is 11.9 Å². The first-order chi connectivity index (χ1) is 8.78. The van der Waals surface area contributed by atoms with Crippen LogP contribution in [0.1, 0.15) is 11.1 Å². The molecule has 0 aliphatic heterocycles. The van der Waals surface area contributed by atoms with E-state index < -0.39 is 0 Å². The summed E-state index contributed by atoms with van der Waals surface area (Å²) in [6.45, 7) is 0.562. The predicted octanol–water partition coefficient (Wildman–Crippen LogP) is 3.84. The van der Waals surface area contributed by atoms with Crippen LogP contribution in [0.3, 0.4) is 0 Å². The molecule has 0 aliphatic rings. The van der Waals surface area contributed by atoms with E-state index in [0.717, 1.165) is 16.8 Å². The lowest BCUT2D eigenvalue weighted by Crippen LogP contribution is -2.20. The Bertz CT molecular complexity index is 502. The monoisotopic (exact) mass is 308 g/mol. The Balaban J connectivity index is 1.92. The van der Waals surface area contributed by atoms with Gasteiger partial charge in [-0.3, -0.25) is 0 Å². The molecule has 2 rings (SSSR count). The van der Waals surface area contributed by atoms with Gasteiger partial charge in [-0.25, -0.2) is 9.82 Å². The Morgan fingerprint density at radius 1 is 1.00 bits per heavy atom. The minimum atomic E-state index is -0.205. The number of halogens is 2. The number of rotatable bonds is 5. The van der Waals surface area contributed by atoms with Gasteiger partial charge in [0.25, 0.3) is 0 Å². The van der Waals surface area contributed by atoms with Gasteiger partial charge in [-0.1, -0.05) is 40.2 Å². The number of hydrogen-bond acceptors (Lipinski definition) is 2. The van der Waals surface area contributed by atoms with E-state index >= 15 is 0 Å². The molecule has 0 bridgehead atoms. The molecule has 0 unspecified atom stereocenters. The smallest absolute Gasteiger partial charge is 0.123 e. The fourth-order valence-electron chi connectivity index (χ4n) is 1.67. The lowest BCUT2D eigenvalue weighted by Gasteiger charge is -2.09. The van der Waals surface area contributed by atoms with Crippen LogP contribution < -0.4 is 10.9 Å². The number of alkyl halides is 1. The fraction of sp³-hybridized carbons (Fsp3) is 0.143. The van der Waals surface area contributed by atoms with Crippen LogP contribution in [0.25, 0.3) is 0 Å². The van der Waals surface area contributed by atoms with Crippen LogP contribution in [0, 0.1) is 5.82 Å². The molecule has 0 saturated heterocycles. The number of hydrogen-bond donors (Lipinski definition) is 2. The van der Waals surface area contributed by atoms with Gasteiger partial charge in [-0.05, 0) is 35.4 Å². The molecule has 2 aromatic carbocycles. The molecule has 0 atom stereocenters. The summed E-state index contributed by atoms with van der Waals surface area (Å²) in [6.07, 6.45) is 0. The quantitative estimate of drug-likeness (QED) is 0.648. The molecule has 94 valence electrons. The van der Waals surface area contributed by atoms with Crippen LogP contribution >= 0.6 is 15.9 Å². The maximum Gasteiger partial charge on any atom is 0.123 e. The summed E-state index contributed by atoms with van der Waals surface area (Å²) in [5.74, 6) is -0.205. The summed E-state index contributed by atoms with van der Waals surface area (Å²) in [6, 6.07) is 14.8. The second kappa shape index (κ2) is 6.52. The molecule has 4 heteroatoms. The van der Waals surface area contributed by atoms with Gasteiger partial charge in [0.05, 0.1) is 0 Å². The minimum Gasteiger partial charge on any atom is -0.321 e. The zero-order valence-corrected chi connectivity index (χ0v) is 11.4. The number of anilines is 1. The van der Waals surface area contributed by atoms with Gasteiger partial charge in [0.15, 0.2) is 0 Å². The Morgan fingerprint density at radius 3 is 2.44 bits per heavy atom. The molecule has 0 fully saturated rings. The van der Waals surface area contributed by atoms with Crippen LogP contribution in [0.5, 0.6) is 0 Å². The summed E-state index contributed by atoms with van der Waals surface area (Å²) in [4.78, 5) is 0. The third kappa shape index (κ3) is 3.82. The molecule has 0 heterocycles. The van der Waals surface area contributed by atoms with Gasteiger partial charge in [0.2, 0.25) is 0 Å². The van der Waals surface area contributed by atoms with E-state index in [2.05, 4.69) is 26.8 Å². The Labute approximate surface area is 114 Å². The molecule has 2 nitrogen and oxygen atoms in total. The second-order valence-electron chi connectivity index (χ2n) is 3.95. The maximum atomic E-state index is 13.3. The van der Waals surface area contributed by atoms with Crippen molar-refractivity contribution in [1.82, 2.24) is 5.43 Å². The molecule has 18 heavy (non-hydrogen) atoms. The topological polar surface area (TPSA) is 24.1 Å². The van der Waals surface area contributed by atoms with E-state index in [4.69, 9.17) is 0 Å². The number of para-hydroxylation sites is 1. The van der Waals surface area contributed by atoms with E-state index in [0.29, 0.717) is 11.9 Å². The average molecular weight is 309 g/mol. The summed E-state index contributed by atoms with van der Waals surface area (Å²) in [5.41, 5.74) is 8.96. The molecule has 0 aliphatic carbocycles. The molecule has 0 saturated carbocycles. The molecule has 0 radical (unpaired) electrons. The Hall–Kier alpha value is -1.39. The van der Waals surface area contributed by atoms with Gasteiger partial charge < -0.3 is 5.43 Å². The highest BCUT2D eigenvalue weighted by molar-refractivity contribution is 9.08. The average Bonchev–Trinajstić information content (AvgIpc) is 2.39. The predicted molar refractivity (Wildman–Crippen MR) is 75.9 cm³/mol. The number of benzene rings is 2. The third-order valence-electron chi connectivity index (χ3n) is 2.47. The van der Waals surface area contributed by atoms with Crippen LogP contribution in [0.15, 0.2) is 48.5 Å². The van der Waals surface area contributed by atoms with E-state index in [-0.39, 0.29) is 5.82 Å². The fourth-order valence-corrected chi connectivity index (χ4v) is 1.99. The first-order valence-corrected chi connectivity index (χ1v) is 6.78. The van der Waals surface area contributed by atoms with Crippen molar-refractivity contribution >= 4 is 21.6 Å². The number of nitrogens with one attached hydrogen (secondary N) is 2. The Morgan fingerprint density at radius 2 is 1.72 bits per heavy atom. The highest BCUT2D eigenvalue weighted by Crippen LogP contribution is 2.12. The Kier molecular flexibility index (Phi) is 4.73. The second-order valence-corrected chi connectivity index (χ2v) is 4.51. The van der Waals surface area contributed by atoms with Crippen LogP contribution in [0.2, 0.25) is 0 Å². The van der Waals surface area contributed by atoms with Gasteiger partial charge in [0.1, 0.15) is 5.82 Å². The molecular formula is C14H14BrFN2. The highest BCUT2D eigenvalue weighted by atomic mass is 79.9. The summed E-state index contributed by atoms with van der Waals surface area (Å²) >= 11 is 3.33. The summed E-state index contributed by atoms with van der Waals surface area (Å²) in [7, 11) is 0. The SMILES string of the molecule is Fc1cc(CBr)cc(CNNc2ccccc2)c1. The first kappa shape index (κ1) is 13.1. The normalized spacial score (nSPS) is 10.3. The van der Waals surface area contributed by atoms with Crippen LogP contribution in [-0.4, -0.2) is 0 Å². The van der Waals surface area contributed by atoms with Crippen molar-refractivity contribution < 1.29 is 4.39 Å². The zero-order valence-electron chi connectivity index (χ0n) is 9.79. The van der Waals surface area contributed by atoms with Gasteiger partial charge in [-0.15, -0.1) is 0 Å². The maximum absolute atomic E-state index is 13.3. The highest BCUT2D eigenvalue weighted by Gasteiger charge is 2.00. The standard InChI is InChI=1S/C14H14BrFN2/c15-9-11-6-12(8-13(16)7-11)10-17-18-14-4-2-1-3-5-14/h1-8,17-18H,9-10H2. The third-order valence-corrected chi connectivity index (χ3v) is 3.12. The van der Waals surface area contributed by atoms with Crippen molar-refractivity contribution in [2.45, 2.75) is 11.9 Å². The van der Waals surface area contributed by atoms with Gasteiger partial charge in [0, 0.05) is 17.6 Å². The van der Waals surface area contributed by atoms with Gasteiger partial charge >= 0.3 is 0 Å². The van der Waals surface area contributed by atoms with Crippen molar-refractivity contribution in [2.75, 3.05) is 5.43 Å². The molecule has 2 aromatic rings. The van der Waals surface area contributed by atoms with E-state index in [1.54, 1.807) is 0 Å². The van der Waals surface area contributed by atoms with Crippen molar-refractivity contribution in [1.29, 1.82) is 0 Å². The summed E-state index contributed by atoms with van der Waals surface area (Å²) in [5, 5.41) is 0.657. The van der Waals surface area contributed by atoms with Crippen LogP contribution in [0.4, 0.5) is 10.1 Å². The van der Waals surface area contributed by atoms with Crippen molar-refractivity contribution in [3.8, 4) is 0 Å². The largest absolute Gasteiger partial charge is 0.321 e. The number of hydrazine groups is 1.